The Balaban J connectivity index is 1.72. The Morgan fingerprint density at radius 1 is 1.03 bits per heavy atom. The molecule has 0 aliphatic carbocycles. The molecule has 0 saturated heterocycles. The van der Waals surface area contributed by atoms with Gasteiger partial charge in [-0.25, -0.2) is 13.2 Å². The second-order valence-corrected chi connectivity index (χ2v) is 9.08. The van der Waals surface area contributed by atoms with Crippen LogP contribution >= 0.6 is 0 Å². The third-order valence-electron chi connectivity index (χ3n) is 4.74. The number of nitrogens with zero attached hydrogens (tertiary/aromatic N) is 2. The molecule has 2 aromatic carbocycles. The third-order valence-corrected chi connectivity index (χ3v) is 6.54. The third kappa shape index (κ3) is 5.43. The molecule has 0 spiro atoms. The standard InChI is InChI=1S/C22H19F3N2O5S/c1-15-5-11-18(12-6-15)33(30,31)26(2)16-7-9-17(10-8-16)32-20(28)14-27-13-3-4-19(21(27)29)22(23,24)25/h3-13H,14H2,1-2H3. The number of ether oxygens (including phenoxy) is 1. The Kier molecular flexibility index (Phi) is 6.63. The number of pyridine rings is 1. The molecule has 1 heterocycles. The van der Waals surface area contributed by atoms with Crippen LogP contribution in [0.3, 0.4) is 0 Å². The minimum atomic E-state index is -4.84. The van der Waals surface area contributed by atoms with Crippen molar-refractivity contribution in [1.82, 2.24) is 4.57 Å². The highest BCUT2D eigenvalue weighted by molar-refractivity contribution is 7.92. The van der Waals surface area contributed by atoms with Gasteiger partial charge in [-0.05, 0) is 55.5 Å². The molecule has 3 rings (SSSR count). The number of benzene rings is 2. The number of aromatic nitrogens is 1. The second-order valence-electron chi connectivity index (χ2n) is 7.11. The number of sulfonamides is 1. The molecule has 0 N–H and O–H groups in total. The first-order valence-electron chi connectivity index (χ1n) is 9.52. The van der Waals surface area contributed by atoms with Crippen LogP contribution < -0.4 is 14.6 Å². The molecule has 0 fully saturated rings. The van der Waals surface area contributed by atoms with Crippen molar-refractivity contribution in [2.75, 3.05) is 11.4 Å². The quantitative estimate of drug-likeness (QED) is 0.398. The van der Waals surface area contributed by atoms with Gasteiger partial charge in [0, 0.05) is 13.2 Å². The molecular weight excluding hydrogens is 461 g/mol. The molecule has 174 valence electrons. The van der Waals surface area contributed by atoms with Crippen LogP contribution in [0.25, 0.3) is 0 Å². The molecule has 0 saturated carbocycles. The topological polar surface area (TPSA) is 85.7 Å². The smallest absolute Gasteiger partial charge is 0.421 e. The molecule has 0 radical (unpaired) electrons. The Morgan fingerprint density at radius 2 is 1.64 bits per heavy atom. The lowest BCUT2D eigenvalue weighted by atomic mass is 10.2. The fourth-order valence-corrected chi connectivity index (χ4v) is 4.11. The van der Waals surface area contributed by atoms with E-state index in [0.717, 1.165) is 22.1 Å². The van der Waals surface area contributed by atoms with Crippen LogP contribution in [0.15, 0.2) is 76.6 Å². The number of carbonyl (C=O) groups is 1. The van der Waals surface area contributed by atoms with E-state index in [1.165, 1.54) is 43.4 Å². The highest BCUT2D eigenvalue weighted by atomic mass is 32.2. The number of hydrogen-bond donors (Lipinski definition) is 0. The maximum Gasteiger partial charge on any atom is 0.421 e. The number of rotatable bonds is 6. The van der Waals surface area contributed by atoms with Gasteiger partial charge in [-0.1, -0.05) is 17.7 Å². The molecule has 0 unspecified atom stereocenters. The fraction of sp³-hybridized carbons (Fsp3) is 0.182. The monoisotopic (exact) mass is 480 g/mol. The van der Waals surface area contributed by atoms with E-state index in [0.29, 0.717) is 16.3 Å². The summed E-state index contributed by atoms with van der Waals surface area (Å²) < 4.78 is 70.8. The first-order valence-corrected chi connectivity index (χ1v) is 11.0. The molecule has 11 heteroatoms. The van der Waals surface area contributed by atoms with E-state index in [1.54, 1.807) is 12.1 Å². The zero-order valence-electron chi connectivity index (χ0n) is 17.5. The van der Waals surface area contributed by atoms with E-state index in [2.05, 4.69) is 0 Å². The van der Waals surface area contributed by atoms with Gasteiger partial charge in [0.1, 0.15) is 17.9 Å². The van der Waals surface area contributed by atoms with Crippen molar-refractivity contribution < 1.29 is 31.1 Å². The Bertz CT molecular complexity index is 1320. The van der Waals surface area contributed by atoms with E-state index >= 15 is 0 Å². The summed E-state index contributed by atoms with van der Waals surface area (Å²) in [7, 11) is -2.44. The van der Waals surface area contributed by atoms with Crippen LogP contribution in [-0.4, -0.2) is 26.0 Å². The SMILES string of the molecule is Cc1ccc(S(=O)(=O)N(C)c2ccc(OC(=O)Cn3cccc(C(F)(F)F)c3=O)cc2)cc1. The average molecular weight is 480 g/mol. The normalized spacial score (nSPS) is 11.8. The minimum Gasteiger partial charge on any atom is -0.425 e. The van der Waals surface area contributed by atoms with Crippen molar-refractivity contribution >= 4 is 21.7 Å². The van der Waals surface area contributed by atoms with E-state index in [4.69, 9.17) is 4.74 Å². The van der Waals surface area contributed by atoms with Crippen LogP contribution in [-0.2, 0) is 27.5 Å². The van der Waals surface area contributed by atoms with Gasteiger partial charge in [-0.3, -0.25) is 9.10 Å². The summed E-state index contributed by atoms with van der Waals surface area (Å²) in [5, 5.41) is 0. The average Bonchev–Trinajstić information content (AvgIpc) is 2.74. The molecule has 3 aromatic rings. The lowest BCUT2D eigenvalue weighted by molar-refractivity contribution is -0.140. The molecule has 0 aliphatic rings. The molecule has 33 heavy (non-hydrogen) atoms. The highest BCUT2D eigenvalue weighted by Gasteiger charge is 2.34. The number of alkyl halides is 3. The number of anilines is 1. The van der Waals surface area contributed by atoms with Crippen molar-refractivity contribution in [3.8, 4) is 5.75 Å². The van der Waals surface area contributed by atoms with Gasteiger partial charge in [-0.2, -0.15) is 13.2 Å². The summed E-state index contributed by atoms with van der Waals surface area (Å²) in [6, 6.07) is 13.5. The summed E-state index contributed by atoms with van der Waals surface area (Å²) >= 11 is 0. The largest absolute Gasteiger partial charge is 0.425 e. The van der Waals surface area contributed by atoms with E-state index in [9.17, 15) is 31.2 Å². The number of hydrogen-bond acceptors (Lipinski definition) is 5. The van der Waals surface area contributed by atoms with Gasteiger partial charge in [0.05, 0.1) is 10.6 Å². The van der Waals surface area contributed by atoms with Gasteiger partial charge in [0.25, 0.3) is 15.6 Å². The Hall–Kier alpha value is -3.60. The molecule has 0 atom stereocenters. The predicted octanol–water partition coefficient (Wildman–Crippen LogP) is 3.61. The van der Waals surface area contributed by atoms with E-state index in [1.807, 2.05) is 6.92 Å². The first-order chi connectivity index (χ1) is 15.4. The van der Waals surface area contributed by atoms with E-state index in [-0.39, 0.29) is 10.6 Å². The van der Waals surface area contributed by atoms with Crippen molar-refractivity contribution in [1.29, 1.82) is 0 Å². The van der Waals surface area contributed by atoms with Crippen LogP contribution in [0.1, 0.15) is 11.1 Å². The molecule has 1 aromatic heterocycles. The predicted molar refractivity (Wildman–Crippen MR) is 115 cm³/mol. The summed E-state index contributed by atoms with van der Waals surface area (Å²) in [6.07, 6.45) is -3.79. The Labute approximate surface area is 187 Å². The van der Waals surface area contributed by atoms with E-state index < -0.39 is 39.8 Å². The zero-order valence-corrected chi connectivity index (χ0v) is 18.4. The number of halogens is 3. The molecule has 0 bridgehead atoms. The summed E-state index contributed by atoms with van der Waals surface area (Å²) in [4.78, 5) is 24.2. The van der Waals surface area contributed by atoms with Crippen LogP contribution in [0, 0.1) is 6.92 Å². The van der Waals surface area contributed by atoms with Gasteiger partial charge < -0.3 is 9.30 Å². The minimum absolute atomic E-state index is 0.0323. The molecular formula is C22H19F3N2O5S. The van der Waals surface area contributed by atoms with Crippen molar-refractivity contribution in [2.45, 2.75) is 24.5 Å². The summed E-state index contributed by atoms with van der Waals surface area (Å²) in [5.41, 5.74) is -1.54. The lowest BCUT2D eigenvalue weighted by Crippen LogP contribution is -2.31. The van der Waals surface area contributed by atoms with Gasteiger partial charge in [-0.15, -0.1) is 0 Å². The van der Waals surface area contributed by atoms with Crippen LogP contribution in [0.4, 0.5) is 18.9 Å². The first kappa shape index (κ1) is 24.1. The van der Waals surface area contributed by atoms with Gasteiger partial charge in [0.2, 0.25) is 0 Å². The summed E-state index contributed by atoms with van der Waals surface area (Å²) in [5.74, 6) is -0.935. The van der Waals surface area contributed by atoms with Gasteiger partial charge in [0.15, 0.2) is 0 Å². The number of esters is 1. The summed E-state index contributed by atoms with van der Waals surface area (Å²) in [6.45, 7) is 1.11. The molecule has 0 amide bonds. The maximum absolute atomic E-state index is 12.8. The molecule has 0 aliphatic heterocycles. The highest BCUT2D eigenvalue weighted by Crippen LogP contribution is 2.26. The number of aryl methyl sites for hydroxylation is 1. The van der Waals surface area contributed by atoms with Crippen molar-refractivity contribution in [2.24, 2.45) is 0 Å². The second kappa shape index (κ2) is 9.10. The maximum atomic E-state index is 12.8. The van der Waals surface area contributed by atoms with Gasteiger partial charge >= 0.3 is 12.1 Å². The zero-order chi connectivity index (χ0) is 24.4. The Morgan fingerprint density at radius 3 is 2.21 bits per heavy atom. The van der Waals surface area contributed by atoms with Crippen LogP contribution in [0.5, 0.6) is 5.75 Å². The lowest BCUT2D eigenvalue weighted by Gasteiger charge is -2.20. The fourth-order valence-electron chi connectivity index (χ4n) is 2.91. The molecule has 7 nitrogen and oxygen atoms in total. The van der Waals surface area contributed by atoms with Crippen molar-refractivity contribution in [3.63, 3.8) is 0 Å². The van der Waals surface area contributed by atoms with Crippen LogP contribution in [0.2, 0.25) is 0 Å². The number of carbonyl (C=O) groups excluding carboxylic acids is 1. The van der Waals surface area contributed by atoms with Crippen molar-refractivity contribution in [3.05, 3.63) is 88.3 Å².